The number of fused-ring (bicyclic) bond motifs is 2. The van der Waals surface area contributed by atoms with Crippen LogP contribution in [0.1, 0.15) is 37.2 Å². The van der Waals surface area contributed by atoms with Crippen molar-refractivity contribution in [2.24, 2.45) is 0 Å². The van der Waals surface area contributed by atoms with E-state index in [9.17, 15) is 13.2 Å². The number of anilines is 2. The van der Waals surface area contributed by atoms with E-state index in [0.717, 1.165) is 49.0 Å². The maximum Gasteiger partial charge on any atom is 0.434 e. The average molecular weight is 429 g/mol. The molecule has 4 aromatic rings. The van der Waals surface area contributed by atoms with E-state index in [2.05, 4.69) is 25.6 Å². The van der Waals surface area contributed by atoms with Crippen molar-refractivity contribution >= 4 is 22.8 Å². The third-order valence-corrected chi connectivity index (χ3v) is 5.85. The fraction of sp³-hybridized carbons (Fsp3) is 0.381. The Hall–Kier alpha value is -3.30. The molecule has 0 amide bonds. The molecule has 0 aromatic carbocycles. The summed E-state index contributed by atoms with van der Waals surface area (Å²) in [5.41, 5.74) is 0.349. The largest absolute Gasteiger partial charge is 0.434 e. The van der Waals surface area contributed by atoms with Crippen LogP contribution in [0.2, 0.25) is 0 Å². The molecule has 0 atom stereocenters. The van der Waals surface area contributed by atoms with Gasteiger partial charge in [-0.05, 0) is 44.7 Å². The number of alkyl halides is 3. The Morgan fingerprint density at radius 1 is 1.00 bits per heavy atom. The Labute approximate surface area is 176 Å². The summed E-state index contributed by atoms with van der Waals surface area (Å²) in [5, 5.41) is 6.94. The fourth-order valence-electron chi connectivity index (χ4n) is 4.22. The molecule has 5 rings (SSSR count). The first-order valence-electron chi connectivity index (χ1n) is 10.3. The first-order valence-corrected chi connectivity index (χ1v) is 10.3. The molecule has 0 spiro atoms. The minimum absolute atomic E-state index is 0.182. The predicted octanol–water partition coefficient (Wildman–Crippen LogP) is 4.54. The van der Waals surface area contributed by atoms with Crippen LogP contribution in [0.3, 0.4) is 0 Å². The number of rotatable bonds is 4. The van der Waals surface area contributed by atoms with Crippen LogP contribution in [-0.4, -0.2) is 35.8 Å². The third kappa shape index (κ3) is 3.77. The fourth-order valence-corrected chi connectivity index (χ4v) is 4.22. The van der Waals surface area contributed by atoms with E-state index in [1.54, 1.807) is 24.4 Å². The zero-order valence-corrected chi connectivity index (χ0v) is 16.9. The van der Waals surface area contributed by atoms with Crippen LogP contribution in [0.5, 0.6) is 0 Å². The van der Waals surface area contributed by atoms with Crippen molar-refractivity contribution in [3.63, 3.8) is 0 Å². The van der Waals surface area contributed by atoms with Crippen LogP contribution in [0.25, 0.3) is 11.2 Å². The zero-order valence-electron chi connectivity index (χ0n) is 16.9. The molecule has 0 radical (unpaired) electrons. The quantitative estimate of drug-likeness (QED) is 0.498. The first kappa shape index (κ1) is 19.7. The van der Waals surface area contributed by atoms with Crippen LogP contribution >= 0.6 is 0 Å². The van der Waals surface area contributed by atoms with Crippen molar-refractivity contribution in [2.45, 2.75) is 50.9 Å². The van der Waals surface area contributed by atoms with Gasteiger partial charge in [-0.3, -0.25) is 8.80 Å². The minimum Gasteiger partial charge on any atom is -0.368 e. The first-order chi connectivity index (χ1) is 14.9. The average Bonchev–Trinajstić information content (AvgIpc) is 3.35. The second-order valence-corrected chi connectivity index (χ2v) is 7.94. The summed E-state index contributed by atoms with van der Waals surface area (Å²) in [6.07, 6.45) is 5.72. The van der Waals surface area contributed by atoms with E-state index in [0.29, 0.717) is 5.82 Å². The minimum atomic E-state index is -4.46. The monoisotopic (exact) mass is 429 g/mol. The molecule has 4 heterocycles. The highest BCUT2D eigenvalue weighted by molar-refractivity contribution is 5.67. The van der Waals surface area contributed by atoms with Gasteiger partial charge in [0.2, 0.25) is 0 Å². The van der Waals surface area contributed by atoms with Gasteiger partial charge in [-0.2, -0.15) is 13.2 Å². The third-order valence-electron chi connectivity index (χ3n) is 5.85. The Bertz CT molecular complexity index is 1220. The summed E-state index contributed by atoms with van der Waals surface area (Å²) in [6.45, 7) is 1.95. The number of nitrogens with zero attached hydrogens (tertiary/aromatic N) is 5. The lowest BCUT2D eigenvalue weighted by Gasteiger charge is -2.30. The number of hydrogen-bond donors (Lipinski definition) is 2. The topological polar surface area (TPSA) is 71.5 Å². The number of halogens is 3. The molecule has 1 fully saturated rings. The smallest absolute Gasteiger partial charge is 0.368 e. The van der Waals surface area contributed by atoms with E-state index >= 15 is 0 Å². The molecule has 1 saturated carbocycles. The summed E-state index contributed by atoms with van der Waals surface area (Å²) in [4.78, 5) is 12.5. The summed E-state index contributed by atoms with van der Waals surface area (Å²) in [6, 6.07) is 5.55. The number of pyridine rings is 1. The van der Waals surface area contributed by atoms with Crippen molar-refractivity contribution in [3.05, 3.63) is 54.5 Å². The van der Waals surface area contributed by atoms with Crippen molar-refractivity contribution in [2.75, 3.05) is 10.6 Å². The molecular formula is C21H22F3N7. The molecule has 1 aliphatic carbocycles. The molecule has 0 saturated heterocycles. The Kier molecular flexibility index (Phi) is 4.71. The second-order valence-electron chi connectivity index (χ2n) is 7.94. The van der Waals surface area contributed by atoms with Gasteiger partial charge in [-0.15, -0.1) is 0 Å². The maximum absolute atomic E-state index is 13.0. The highest BCUT2D eigenvalue weighted by Crippen LogP contribution is 2.30. The van der Waals surface area contributed by atoms with Crippen LogP contribution in [0.15, 0.2) is 43.0 Å². The number of nitrogens with one attached hydrogen (secondary N) is 2. The number of aromatic nitrogens is 5. The lowest BCUT2D eigenvalue weighted by molar-refractivity contribution is -0.140. The Morgan fingerprint density at radius 3 is 2.48 bits per heavy atom. The summed E-state index contributed by atoms with van der Waals surface area (Å²) >= 11 is 0. The van der Waals surface area contributed by atoms with Crippen LogP contribution in [-0.2, 0) is 6.18 Å². The predicted molar refractivity (Wildman–Crippen MR) is 111 cm³/mol. The molecule has 162 valence electrons. The van der Waals surface area contributed by atoms with E-state index in [-0.39, 0.29) is 17.7 Å². The van der Waals surface area contributed by atoms with Gasteiger partial charge in [0, 0.05) is 30.7 Å². The summed E-state index contributed by atoms with van der Waals surface area (Å²) in [7, 11) is 0. The van der Waals surface area contributed by atoms with Crippen molar-refractivity contribution in [3.8, 4) is 0 Å². The molecule has 0 aliphatic heterocycles. The highest BCUT2D eigenvalue weighted by Gasteiger charge is 2.34. The van der Waals surface area contributed by atoms with Crippen molar-refractivity contribution in [1.82, 2.24) is 23.8 Å². The molecule has 1 aliphatic rings. The van der Waals surface area contributed by atoms with Crippen LogP contribution in [0.4, 0.5) is 24.8 Å². The lowest BCUT2D eigenvalue weighted by atomic mass is 9.91. The lowest BCUT2D eigenvalue weighted by Crippen LogP contribution is -2.33. The van der Waals surface area contributed by atoms with Gasteiger partial charge >= 0.3 is 6.18 Å². The van der Waals surface area contributed by atoms with Gasteiger partial charge < -0.3 is 10.6 Å². The standard InChI is InChI=1S/C21H22F3N7/c1-13-26-11-16-20(25-9-10-30(13)16)28-15-7-5-14(6-8-15)27-18-3-2-4-19-29-17(12-31(18)19)21(22,23)24/h2-4,9-12,14-15,27H,5-8H2,1H3,(H,25,28). The molecule has 0 bridgehead atoms. The highest BCUT2D eigenvalue weighted by atomic mass is 19.4. The number of imidazole rings is 2. The normalized spacial score (nSPS) is 19.7. The SMILES string of the molecule is Cc1ncc2c(NC3CCC(Nc4cccc5nc(C(F)(F)F)cn45)CC3)nccn12. The molecule has 31 heavy (non-hydrogen) atoms. The summed E-state index contributed by atoms with van der Waals surface area (Å²) in [5.74, 6) is 2.36. The summed E-state index contributed by atoms with van der Waals surface area (Å²) < 4.78 is 42.5. The van der Waals surface area contributed by atoms with E-state index < -0.39 is 11.9 Å². The Morgan fingerprint density at radius 2 is 1.74 bits per heavy atom. The maximum atomic E-state index is 13.0. The van der Waals surface area contributed by atoms with Gasteiger partial charge in [0.25, 0.3) is 0 Å². The molecule has 7 nitrogen and oxygen atoms in total. The van der Waals surface area contributed by atoms with Crippen LogP contribution in [0, 0.1) is 6.92 Å². The molecule has 2 N–H and O–H groups in total. The van der Waals surface area contributed by atoms with Crippen LogP contribution < -0.4 is 10.6 Å². The molecule has 0 unspecified atom stereocenters. The Balaban J connectivity index is 1.25. The van der Waals surface area contributed by atoms with Gasteiger partial charge in [0.1, 0.15) is 22.8 Å². The van der Waals surface area contributed by atoms with Crippen molar-refractivity contribution in [1.29, 1.82) is 0 Å². The van der Waals surface area contributed by atoms with Gasteiger partial charge in [0.05, 0.1) is 6.20 Å². The zero-order chi connectivity index (χ0) is 21.6. The van der Waals surface area contributed by atoms with Gasteiger partial charge in [-0.1, -0.05) is 6.07 Å². The second kappa shape index (κ2) is 7.44. The molecular weight excluding hydrogens is 407 g/mol. The number of hydrogen-bond acceptors (Lipinski definition) is 5. The molecule has 10 heteroatoms. The van der Waals surface area contributed by atoms with Crippen molar-refractivity contribution < 1.29 is 13.2 Å². The van der Waals surface area contributed by atoms with E-state index in [1.807, 2.05) is 23.7 Å². The number of aryl methyl sites for hydroxylation is 1. The van der Waals surface area contributed by atoms with E-state index in [4.69, 9.17) is 0 Å². The molecule has 4 aromatic heterocycles. The van der Waals surface area contributed by atoms with Gasteiger partial charge in [-0.25, -0.2) is 15.0 Å². The van der Waals surface area contributed by atoms with Gasteiger partial charge in [0.15, 0.2) is 11.5 Å². The van der Waals surface area contributed by atoms with E-state index in [1.165, 1.54) is 4.40 Å².